The molecule has 0 bridgehead atoms. The van der Waals surface area contributed by atoms with Gasteiger partial charge in [-0.2, -0.15) is 0 Å². The molecule has 2 aromatic rings. The van der Waals surface area contributed by atoms with E-state index in [2.05, 4.69) is 5.32 Å². The predicted molar refractivity (Wildman–Crippen MR) is 72.9 cm³/mol. The zero-order valence-corrected chi connectivity index (χ0v) is 10.7. The number of nitrogens with one attached hydrogen (secondary N) is 1. The van der Waals surface area contributed by atoms with Crippen molar-refractivity contribution in [3.05, 3.63) is 45.1 Å². The summed E-state index contributed by atoms with van der Waals surface area (Å²) in [5.74, 6) is -0.234. The lowest BCUT2D eigenvalue weighted by molar-refractivity contribution is 0.103. The molecule has 0 saturated heterocycles. The second-order valence-corrected chi connectivity index (χ2v) is 4.97. The lowest BCUT2D eigenvalue weighted by Gasteiger charge is -2.08. The van der Waals surface area contributed by atoms with E-state index in [1.165, 1.54) is 11.3 Å². The van der Waals surface area contributed by atoms with Crippen LogP contribution in [0.25, 0.3) is 0 Å². The van der Waals surface area contributed by atoms with E-state index in [1.807, 2.05) is 19.1 Å². The molecule has 17 heavy (non-hydrogen) atoms. The van der Waals surface area contributed by atoms with E-state index in [-0.39, 0.29) is 5.91 Å². The number of carbonyl (C=O) groups is 1. The highest BCUT2D eigenvalue weighted by atomic mass is 35.5. The number of aryl methyl sites for hydroxylation is 1. The minimum absolute atomic E-state index is 0.234. The minimum Gasteiger partial charge on any atom is -0.397 e. The Balaban J connectivity index is 2.24. The Kier molecular flexibility index (Phi) is 3.36. The molecule has 1 heterocycles. The first-order chi connectivity index (χ1) is 8.08. The lowest BCUT2D eigenvalue weighted by Crippen LogP contribution is -2.12. The summed E-state index contributed by atoms with van der Waals surface area (Å²) in [6, 6.07) is 7.18. The van der Waals surface area contributed by atoms with E-state index in [4.69, 9.17) is 17.3 Å². The molecular formula is C12H11ClN2OS. The second-order valence-electron chi connectivity index (χ2n) is 3.64. The zero-order valence-electron chi connectivity index (χ0n) is 9.16. The van der Waals surface area contributed by atoms with Gasteiger partial charge in [0.2, 0.25) is 0 Å². The van der Waals surface area contributed by atoms with E-state index >= 15 is 0 Å². The highest BCUT2D eigenvalue weighted by molar-refractivity contribution is 7.12. The highest BCUT2D eigenvalue weighted by Gasteiger charge is 2.13. The molecule has 1 amide bonds. The van der Waals surface area contributed by atoms with Gasteiger partial charge < -0.3 is 11.1 Å². The third kappa shape index (κ3) is 2.60. The summed E-state index contributed by atoms with van der Waals surface area (Å²) < 4.78 is 0. The van der Waals surface area contributed by atoms with Crippen LogP contribution in [0.5, 0.6) is 0 Å². The van der Waals surface area contributed by atoms with E-state index in [0.717, 1.165) is 5.56 Å². The summed E-state index contributed by atoms with van der Waals surface area (Å²) in [5, 5.41) is 4.99. The molecule has 0 radical (unpaired) electrons. The Morgan fingerprint density at radius 3 is 2.82 bits per heavy atom. The van der Waals surface area contributed by atoms with Crippen molar-refractivity contribution in [2.45, 2.75) is 6.92 Å². The van der Waals surface area contributed by atoms with E-state index < -0.39 is 0 Å². The van der Waals surface area contributed by atoms with Gasteiger partial charge in [0.05, 0.1) is 16.4 Å². The van der Waals surface area contributed by atoms with Crippen LogP contribution in [0, 0.1) is 6.92 Å². The maximum absolute atomic E-state index is 11.9. The number of nitrogen functional groups attached to an aromatic ring is 1. The average Bonchev–Trinajstić information content (AvgIpc) is 2.70. The van der Waals surface area contributed by atoms with Crippen molar-refractivity contribution in [1.29, 1.82) is 0 Å². The maximum atomic E-state index is 11.9. The molecule has 0 unspecified atom stereocenters. The third-order valence-electron chi connectivity index (χ3n) is 2.28. The average molecular weight is 267 g/mol. The number of hydrogen-bond donors (Lipinski definition) is 2. The molecule has 0 aliphatic carbocycles. The Morgan fingerprint density at radius 2 is 2.18 bits per heavy atom. The van der Waals surface area contributed by atoms with Gasteiger partial charge in [-0.3, -0.25) is 4.79 Å². The van der Waals surface area contributed by atoms with Gasteiger partial charge in [-0.1, -0.05) is 17.7 Å². The molecule has 0 spiro atoms. The number of thiophene rings is 1. The van der Waals surface area contributed by atoms with Gasteiger partial charge in [-0.15, -0.1) is 11.3 Å². The summed E-state index contributed by atoms with van der Waals surface area (Å²) in [7, 11) is 0. The number of hydrogen-bond acceptors (Lipinski definition) is 3. The molecule has 3 N–H and O–H groups in total. The molecule has 88 valence electrons. The summed E-state index contributed by atoms with van der Waals surface area (Å²) in [6.45, 7) is 1.94. The summed E-state index contributed by atoms with van der Waals surface area (Å²) in [5.41, 5.74) is 7.97. The normalized spacial score (nSPS) is 10.2. The second kappa shape index (κ2) is 4.77. The molecule has 1 aromatic heterocycles. The largest absolute Gasteiger partial charge is 0.397 e. The van der Waals surface area contributed by atoms with Crippen LogP contribution in [0.15, 0.2) is 29.6 Å². The Labute approximate surface area is 108 Å². The van der Waals surface area contributed by atoms with Crippen LogP contribution in [-0.2, 0) is 0 Å². The third-order valence-corrected chi connectivity index (χ3v) is 3.62. The van der Waals surface area contributed by atoms with Gasteiger partial charge in [0.25, 0.3) is 5.91 Å². The van der Waals surface area contributed by atoms with Gasteiger partial charge in [0.1, 0.15) is 4.88 Å². The summed E-state index contributed by atoms with van der Waals surface area (Å²) in [4.78, 5) is 12.4. The fraction of sp³-hybridized carbons (Fsp3) is 0.0833. The Morgan fingerprint density at radius 1 is 1.41 bits per heavy atom. The maximum Gasteiger partial charge on any atom is 0.267 e. The predicted octanol–water partition coefficient (Wildman–Crippen LogP) is 3.54. The van der Waals surface area contributed by atoms with Crippen LogP contribution in [0.3, 0.4) is 0 Å². The molecule has 2 rings (SSSR count). The molecule has 3 nitrogen and oxygen atoms in total. The molecule has 0 fully saturated rings. The molecule has 5 heteroatoms. The van der Waals surface area contributed by atoms with Crippen molar-refractivity contribution < 1.29 is 4.79 Å². The Hall–Kier alpha value is -1.52. The van der Waals surface area contributed by atoms with Crippen molar-refractivity contribution in [3.8, 4) is 0 Å². The van der Waals surface area contributed by atoms with Crippen molar-refractivity contribution in [2.75, 3.05) is 11.1 Å². The van der Waals surface area contributed by atoms with Crippen LogP contribution >= 0.6 is 22.9 Å². The number of anilines is 2. The Bertz CT molecular complexity index is 565. The van der Waals surface area contributed by atoms with Crippen LogP contribution in [-0.4, -0.2) is 5.91 Å². The van der Waals surface area contributed by atoms with Crippen molar-refractivity contribution in [1.82, 2.24) is 0 Å². The fourth-order valence-corrected chi connectivity index (χ4v) is 2.45. The smallest absolute Gasteiger partial charge is 0.267 e. The first-order valence-electron chi connectivity index (χ1n) is 4.98. The van der Waals surface area contributed by atoms with E-state index in [9.17, 15) is 4.79 Å². The SMILES string of the molecule is Cc1ccc(N)c(NC(=O)c2sccc2Cl)c1. The van der Waals surface area contributed by atoms with Gasteiger partial charge in [-0.25, -0.2) is 0 Å². The van der Waals surface area contributed by atoms with E-state index in [0.29, 0.717) is 21.3 Å². The number of nitrogens with two attached hydrogens (primary N) is 1. The lowest BCUT2D eigenvalue weighted by atomic mass is 10.2. The quantitative estimate of drug-likeness (QED) is 0.817. The first kappa shape index (κ1) is 12.0. The summed E-state index contributed by atoms with van der Waals surface area (Å²) >= 11 is 7.19. The van der Waals surface area contributed by atoms with Crippen molar-refractivity contribution >= 4 is 40.2 Å². The van der Waals surface area contributed by atoms with Gasteiger partial charge in [0.15, 0.2) is 0 Å². The number of halogens is 1. The fourth-order valence-electron chi connectivity index (χ4n) is 1.41. The molecule has 0 atom stereocenters. The number of rotatable bonds is 2. The van der Waals surface area contributed by atoms with Gasteiger partial charge in [-0.05, 0) is 36.1 Å². The van der Waals surface area contributed by atoms with Crippen LogP contribution in [0.1, 0.15) is 15.2 Å². The zero-order chi connectivity index (χ0) is 12.4. The monoisotopic (exact) mass is 266 g/mol. The molecule has 1 aromatic carbocycles. The van der Waals surface area contributed by atoms with Crippen LogP contribution < -0.4 is 11.1 Å². The van der Waals surface area contributed by atoms with Gasteiger partial charge in [0, 0.05) is 0 Å². The van der Waals surface area contributed by atoms with Crippen molar-refractivity contribution in [2.24, 2.45) is 0 Å². The van der Waals surface area contributed by atoms with E-state index in [1.54, 1.807) is 17.5 Å². The molecule has 0 aliphatic rings. The highest BCUT2D eigenvalue weighted by Crippen LogP contribution is 2.25. The number of benzene rings is 1. The topological polar surface area (TPSA) is 55.1 Å². The number of carbonyl (C=O) groups excluding carboxylic acids is 1. The van der Waals surface area contributed by atoms with Crippen LogP contribution in [0.4, 0.5) is 11.4 Å². The minimum atomic E-state index is -0.234. The van der Waals surface area contributed by atoms with Crippen molar-refractivity contribution in [3.63, 3.8) is 0 Å². The number of amides is 1. The van der Waals surface area contributed by atoms with Gasteiger partial charge >= 0.3 is 0 Å². The first-order valence-corrected chi connectivity index (χ1v) is 6.24. The standard InChI is InChI=1S/C12H11ClN2OS/c1-7-2-3-9(14)10(6-7)15-12(16)11-8(13)4-5-17-11/h2-6H,14H2,1H3,(H,15,16). The molecule has 0 aliphatic heterocycles. The molecule has 0 saturated carbocycles. The molecular weight excluding hydrogens is 256 g/mol. The van der Waals surface area contributed by atoms with Crippen LogP contribution in [0.2, 0.25) is 5.02 Å². The summed E-state index contributed by atoms with van der Waals surface area (Å²) in [6.07, 6.45) is 0.